The molecule has 1 aliphatic rings. The van der Waals surface area contributed by atoms with Gasteiger partial charge in [0.2, 0.25) is 11.7 Å². The predicted molar refractivity (Wildman–Crippen MR) is 107 cm³/mol. The van der Waals surface area contributed by atoms with Crippen molar-refractivity contribution in [2.24, 2.45) is 0 Å². The zero-order valence-electron chi connectivity index (χ0n) is 16.8. The van der Waals surface area contributed by atoms with Gasteiger partial charge < -0.3 is 18.9 Å². The summed E-state index contributed by atoms with van der Waals surface area (Å²) in [6.45, 7) is 1.14. The van der Waals surface area contributed by atoms with Gasteiger partial charge >= 0.3 is 0 Å². The van der Waals surface area contributed by atoms with E-state index in [1.165, 1.54) is 19.2 Å². The molecule has 0 unspecified atom stereocenters. The maximum absolute atomic E-state index is 13.1. The summed E-state index contributed by atoms with van der Waals surface area (Å²) in [5, 5.41) is 4.02. The van der Waals surface area contributed by atoms with E-state index in [4.69, 9.17) is 14.0 Å². The largest absolute Gasteiger partial charge is 0.493 e. The maximum atomic E-state index is 13.1. The lowest BCUT2D eigenvalue weighted by atomic mass is 9.97. The van der Waals surface area contributed by atoms with Gasteiger partial charge in [0.05, 0.1) is 20.1 Å². The number of carbonyl (C=O) groups excluding carboxylic acids is 1. The Labute approximate surface area is 173 Å². The highest BCUT2D eigenvalue weighted by atomic mass is 19.1. The van der Waals surface area contributed by atoms with Crippen molar-refractivity contribution in [2.45, 2.75) is 18.8 Å². The lowest BCUT2D eigenvalue weighted by Crippen LogP contribution is -2.39. The van der Waals surface area contributed by atoms with Crippen molar-refractivity contribution in [1.82, 2.24) is 15.0 Å². The molecule has 7 nitrogen and oxygen atoms in total. The molecule has 1 saturated heterocycles. The van der Waals surface area contributed by atoms with E-state index in [2.05, 4.69) is 10.1 Å². The minimum Gasteiger partial charge on any atom is -0.493 e. The van der Waals surface area contributed by atoms with Crippen molar-refractivity contribution >= 4 is 5.91 Å². The van der Waals surface area contributed by atoms with Gasteiger partial charge in [-0.2, -0.15) is 4.98 Å². The Kier molecular flexibility index (Phi) is 5.65. The van der Waals surface area contributed by atoms with Crippen LogP contribution < -0.4 is 9.47 Å². The second kappa shape index (κ2) is 8.52. The summed E-state index contributed by atoms with van der Waals surface area (Å²) in [6, 6.07) is 11.1. The Balaban J connectivity index is 1.49. The third kappa shape index (κ3) is 3.98. The van der Waals surface area contributed by atoms with E-state index in [0.717, 1.165) is 12.8 Å². The van der Waals surface area contributed by atoms with Crippen LogP contribution in [0, 0.1) is 5.82 Å². The molecule has 30 heavy (non-hydrogen) atoms. The fourth-order valence-electron chi connectivity index (χ4n) is 3.63. The van der Waals surface area contributed by atoms with Crippen molar-refractivity contribution in [3.63, 3.8) is 0 Å². The molecule has 8 heteroatoms. The predicted octanol–water partition coefficient (Wildman–Crippen LogP) is 3.91. The van der Waals surface area contributed by atoms with Crippen LogP contribution in [0.1, 0.15) is 35.0 Å². The van der Waals surface area contributed by atoms with Crippen LogP contribution in [0.4, 0.5) is 4.39 Å². The summed E-state index contributed by atoms with van der Waals surface area (Å²) < 4.78 is 29.1. The number of carbonyl (C=O) groups is 1. The Morgan fingerprint density at radius 1 is 1.13 bits per heavy atom. The van der Waals surface area contributed by atoms with Gasteiger partial charge in [0.15, 0.2) is 11.5 Å². The molecule has 0 spiro atoms. The standard InChI is InChI=1S/C22H22FN3O4/c1-28-18-10-7-15(12-19(18)29-2)22(27)26-11-3-4-16(13-26)21-24-20(25-30-21)14-5-8-17(23)9-6-14/h5-10,12,16H,3-4,11,13H2,1-2H3/t16-/m0/s1. The molecule has 0 saturated carbocycles. The van der Waals surface area contributed by atoms with Crippen molar-refractivity contribution in [3.05, 3.63) is 59.7 Å². The van der Waals surface area contributed by atoms with Crippen LogP contribution in [0.2, 0.25) is 0 Å². The third-order valence-corrected chi connectivity index (χ3v) is 5.23. The number of benzene rings is 2. The van der Waals surface area contributed by atoms with E-state index in [0.29, 0.717) is 47.4 Å². The zero-order chi connectivity index (χ0) is 21.1. The topological polar surface area (TPSA) is 77.7 Å². The molecular weight excluding hydrogens is 389 g/mol. The van der Waals surface area contributed by atoms with Crippen LogP contribution in [-0.2, 0) is 0 Å². The first kappa shape index (κ1) is 19.9. The van der Waals surface area contributed by atoms with Crippen molar-refractivity contribution in [3.8, 4) is 22.9 Å². The lowest BCUT2D eigenvalue weighted by molar-refractivity contribution is 0.0695. The van der Waals surface area contributed by atoms with Gasteiger partial charge in [-0.15, -0.1) is 0 Å². The van der Waals surface area contributed by atoms with Crippen LogP contribution in [0.3, 0.4) is 0 Å². The van der Waals surface area contributed by atoms with Gasteiger partial charge in [-0.1, -0.05) is 5.16 Å². The second-order valence-electron chi connectivity index (χ2n) is 7.12. The number of rotatable bonds is 5. The molecule has 2 aromatic carbocycles. The van der Waals surface area contributed by atoms with Gasteiger partial charge in [0.1, 0.15) is 5.82 Å². The number of halogens is 1. The molecule has 3 aromatic rings. The minimum absolute atomic E-state index is 0.0513. The third-order valence-electron chi connectivity index (χ3n) is 5.23. The molecule has 1 aliphatic heterocycles. The Hall–Kier alpha value is -3.42. The van der Waals surface area contributed by atoms with Gasteiger partial charge in [-0.3, -0.25) is 4.79 Å². The first-order valence-corrected chi connectivity index (χ1v) is 9.70. The molecule has 0 N–H and O–H groups in total. The summed E-state index contributed by atoms with van der Waals surface area (Å²) >= 11 is 0. The molecule has 1 atom stereocenters. The minimum atomic E-state index is -0.320. The second-order valence-corrected chi connectivity index (χ2v) is 7.12. The molecule has 4 rings (SSSR count). The number of aromatic nitrogens is 2. The van der Waals surface area contributed by atoms with Gasteiger partial charge in [-0.05, 0) is 55.3 Å². The molecule has 1 fully saturated rings. The number of likely N-dealkylation sites (tertiary alicyclic amines) is 1. The van der Waals surface area contributed by atoms with E-state index in [1.807, 2.05) is 0 Å². The first-order chi connectivity index (χ1) is 14.6. The van der Waals surface area contributed by atoms with E-state index >= 15 is 0 Å². The quantitative estimate of drug-likeness (QED) is 0.633. The number of ether oxygens (including phenoxy) is 2. The summed E-state index contributed by atoms with van der Waals surface area (Å²) in [6.07, 6.45) is 1.68. The number of hydrogen-bond acceptors (Lipinski definition) is 6. The SMILES string of the molecule is COc1ccc(C(=O)N2CCC[C@H](c3nc(-c4ccc(F)cc4)no3)C2)cc1OC. The van der Waals surface area contributed by atoms with Crippen LogP contribution >= 0.6 is 0 Å². The Morgan fingerprint density at radius 3 is 2.63 bits per heavy atom. The summed E-state index contributed by atoms with van der Waals surface area (Å²) in [4.78, 5) is 19.3. The Morgan fingerprint density at radius 2 is 1.90 bits per heavy atom. The van der Waals surface area contributed by atoms with Crippen LogP contribution in [0.25, 0.3) is 11.4 Å². The maximum Gasteiger partial charge on any atom is 0.254 e. The number of nitrogens with zero attached hydrogens (tertiary/aromatic N) is 3. The van der Waals surface area contributed by atoms with Gasteiger partial charge in [-0.25, -0.2) is 4.39 Å². The molecule has 156 valence electrons. The Bertz CT molecular complexity index is 1040. The number of methoxy groups -OCH3 is 2. The van der Waals surface area contributed by atoms with Crippen molar-refractivity contribution in [2.75, 3.05) is 27.3 Å². The highest BCUT2D eigenvalue weighted by Crippen LogP contribution is 2.31. The lowest BCUT2D eigenvalue weighted by Gasteiger charge is -2.31. The summed E-state index contributed by atoms with van der Waals surface area (Å²) in [5.74, 6) is 1.53. The molecule has 0 bridgehead atoms. The van der Waals surface area contributed by atoms with E-state index < -0.39 is 0 Å². The summed E-state index contributed by atoms with van der Waals surface area (Å²) in [5.41, 5.74) is 1.21. The average molecular weight is 411 g/mol. The van der Waals surface area contributed by atoms with E-state index in [9.17, 15) is 9.18 Å². The molecule has 1 amide bonds. The van der Waals surface area contributed by atoms with Gasteiger partial charge in [0, 0.05) is 24.2 Å². The summed E-state index contributed by atoms with van der Waals surface area (Å²) in [7, 11) is 3.09. The fourth-order valence-corrected chi connectivity index (χ4v) is 3.63. The molecule has 2 heterocycles. The molecular formula is C22H22FN3O4. The normalized spacial score (nSPS) is 16.4. The smallest absolute Gasteiger partial charge is 0.254 e. The van der Waals surface area contributed by atoms with Crippen LogP contribution in [-0.4, -0.2) is 48.3 Å². The molecule has 1 aromatic heterocycles. The highest BCUT2D eigenvalue weighted by Gasteiger charge is 2.29. The monoisotopic (exact) mass is 411 g/mol. The highest BCUT2D eigenvalue weighted by molar-refractivity contribution is 5.95. The number of amides is 1. The molecule has 0 radical (unpaired) electrons. The van der Waals surface area contributed by atoms with Crippen LogP contribution in [0.5, 0.6) is 11.5 Å². The van der Waals surface area contributed by atoms with Gasteiger partial charge in [0.25, 0.3) is 5.91 Å². The van der Waals surface area contributed by atoms with Crippen LogP contribution in [0.15, 0.2) is 47.0 Å². The average Bonchev–Trinajstić information content (AvgIpc) is 3.29. The number of hydrogen-bond donors (Lipinski definition) is 0. The fraction of sp³-hybridized carbons (Fsp3) is 0.318. The molecule has 0 aliphatic carbocycles. The first-order valence-electron chi connectivity index (χ1n) is 9.70. The zero-order valence-corrected chi connectivity index (χ0v) is 16.8. The van der Waals surface area contributed by atoms with Crippen molar-refractivity contribution in [1.29, 1.82) is 0 Å². The number of piperidine rings is 1. The van der Waals surface area contributed by atoms with Crippen molar-refractivity contribution < 1.29 is 23.2 Å². The van der Waals surface area contributed by atoms with E-state index in [1.54, 1.807) is 42.3 Å². The van der Waals surface area contributed by atoms with E-state index in [-0.39, 0.29) is 17.6 Å².